The minimum Gasteiger partial charge on any atom is -0.490 e. The molecule has 0 radical (unpaired) electrons. The number of hydrogen-bond donors (Lipinski definition) is 1. The van der Waals surface area contributed by atoms with Gasteiger partial charge in [-0.25, -0.2) is 9.50 Å². The Morgan fingerprint density at radius 3 is 2.90 bits per heavy atom. The average Bonchev–Trinajstić information content (AvgIpc) is 3.25. The second-order valence-corrected chi connectivity index (χ2v) is 8.31. The molecule has 8 nitrogen and oxygen atoms in total. The van der Waals surface area contributed by atoms with Crippen LogP contribution in [0.15, 0.2) is 30.5 Å². The number of fused-ring (bicyclic) bond motifs is 6. The fraction of sp³-hybridized carbons (Fsp3) is 0.435. The lowest BCUT2D eigenvalue weighted by molar-refractivity contribution is -0.119. The highest BCUT2D eigenvalue weighted by molar-refractivity contribution is 5.75. The molecule has 2 bridgehead atoms. The van der Waals surface area contributed by atoms with Gasteiger partial charge in [0.25, 0.3) is 5.91 Å². The van der Waals surface area contributed by atoms with E-state index in [0.717, 1.165) is 36.3 Å². The summed E-state index contributed by atoms with van der Waals surface area (Å²) in [5.41, 5.74) is 10.9. The summed E-state index contributed by atoms with van der Waals surface area (Å²) in [7, 11) is 0. The average molecular weight is 422 g/mol. The van der Waals surface area contributed by atoms with Crippen LogP contribution in [-0.4, -0.2) is 44.7 Å². The monoisotopic (exact) mass is 421 g/mol. The number of hydrogen-bond acceptors (Lipinski definition) is 6. The number of carbonyl (C=O) groups excluding carboxylic acids is 1. The summed E-state index contributed by atoms with van der Waals surface area (Å²) < 4.78 is 13.3. The van der Waals surface area contributed by atoms with Crippen molar-refractivity contribution >= 4 is 11.6 Å². The van der Waals surface area contributed by atoms with E-state index in [-0.39, 0.29) is 6.61 Å². The van der Waals surface area contributed by atoms with E-state index in [9.17, 15) is 4.79 Å². The third-order valence-corrected chi connectivity index (χ3v) is 6.21. The van der Waals surface area contributed by atoms with Gasteiger partial charge in [-0.2, -0.15) is 5.10 Å². The normalized spacial score (nSPS) is 20.1. The van der Waals surface area contributed by atoms with Gasteiger partial charge in [0.15, 0.2) is 23.8 Å². The Morgan fingerprint density at radius 2 is 2.10 bits per heavy atom. The van der Waals surface area contributed by atoms with Crippen LogP contribution in [0.25, 0.3) is 5.65 Å². The van der Waals surface area contributed by atoms with Crippen molar-refractivity contribution in [2.75, 3.05) is 13.2 Å². The number of benzene rings is 1. The quantitative estimate of drug-likeness (QED) is 0.630. The molecule has 8 heteroatoms. The number of rotatable bonds is 7. The van der Waals surface area contributed by atoms with Gasteiger partial charge in [-0.1, -0.05) is 6.07 Å². The molecule has 2 N–H and O–H groups in total. The van der Waals surface area contributed by atoms with Gasteiger partial charge in [0.05, 0.1) is 18.0 Å². The van der Waals surface area contributed by atoms with E-state index < -0.39 is 5.91 Å². The van der Waals surface area contributed by atoms with Crippen LogP contribution >= 0.6 is 0 Å². The topological polar surface area (TPSA) is 95.0 Å². The fourth-order valence-electron chi connectivity index (χ4n) is 4.94. The van der Waals surface area contributed by atoms with Gasteiger partial charge >= 0.3 is 0 Å². The molecule has 162 valence electrons. The first-order chi connectivity index (χ1) is 15.0. The molecule has 3 aromatic rings. The standard InChI is InChI=1S/C23H27N5O3/c1-3-30-21-9-15(4-7-20(21)31-13-22(24)29)12-27-16-5-6-18(27)17-11-25-23-8-14(2)26-28(23)19(17)10-16/h4,7-9,11,16,18H,3,5-6,10,12-13H2,1-2H3,(H2,24,29). The molecular weight excluding hydrogens is 394 g/mol. The van der Waals surface area contributed by atoms with Gasteiger partial charge in [-0.15, -0.1) is 0 Å². The zero-order valence-corrected chi connectivity index (χ0v) is 17.9. The van der Waals surface area contributed by atoms with Crippen LogP contribution < -0.4 is 15.2 Å². The van der Waals surface area contributed by atoms with Crippen LogP contribution in [0, 0.1) is 6.92 Å². The van der Waals surface area contributed by atoms with E-state index in [4.69, 9.17) is 15.2 Å². The maximum Gasteiger partial charge on any atom is 0.255 e. The first-order valence-corrected chi connectivity index (χ1v) is 10.8. The molecule has 0 aliphatic carbocycles. The summed E-state index contributed by atoms with van der Waals surface area (Å²) >= 11 is 0. The third-order valence-electron chi connectivity index (χ3n) is 6.21. The zero-order chi connectivity index (χ0) is 21.5. The largest absolute Gasteiger partial charge is 0.490 e. The van der Waals surface area contributed by atoms with Gasteiger partial charge in [-0.3, -0.25) is 9.69 Å². The zero-order valence-electron chi connectivity index (χ0n) is 17.9. The van der Waals surface area contributed by atoms with E-state index >= 15 is 0 Å². The summed E-state index contributed by atoms with van der Waals surface area (Å²) in [5, 5.41) is 4.68. The second kappa shape index (κ2) is 7.85. The Bertz CT molecular complexity index is 1140. The maximum absolute atomic E-state index is 11.1. The second-order valence-electron chi connectivity index (χ2n) is 8.31. The minimum atomic E-state index is -0.509. The Balaban J connectivity index is 1.41. The summed E-state index contributed by atoms with van der Waals surface area (Å²) in [6.45, 7) is 5.11. The molecule has 1 fully saturated rings. The molecule has 0 saturated carbocycles. The Morgan fingerprint density at radius 1 is 1.23 bits per heavy atom. The highest BCUT2D eigenvalue weighted by Gasteiger charge is 2.41. The van der Waals surface area contributed by atoms with Crippen LogP contribution in [0.5, 0.6) is 11.5 Å². The number of aryl methyl sites for hydroxylation is 1. The van der Waals surface area contributed by atoms with Crippen LogP contribution in [-0.2, 0) is 17.8 Å². The van der Waals surface area contributed by atoms with Crippen molar-refractivity contribution in [2.45, 2.75) is 51.7 Å². The number of amides is 1. The fourth-order valence-corrected chi connectivity index (χ4v) is 4.94. The molecule has 1 saturated heterocycles. The minimum absolute atomic E-state index is 0.166. The van der Waals surface area contributed by atoms with E-state index in [0.29, 0.717) is 30.2 Å². The summed E-state index contributed by atoms with van der Waals surface area (Å²) in [6, 6.07) is 8.76. The van der Waals surface area contributed by atoms with E-state index in [1.807, 2.05) is 48.8 Å². The van der Waals surface area contributed by atoms with Crippen molar-refractivity contribution in [3.05, 3.63) is 53.0 Å². The van der Waals surface area contributed by atoms with Crippen LogP contribution in [0.4, 0.5) is 0 Å². The van der Waals surface area contributed by atoms with Crippen LogP contribution in [0.2, 0.25) is 0 Å². The number of primary amides is 1. The molecule has 2 unspecified atom stereocenters. The number of carbonyl (C=O) groups is 1. The van der Waals surface area contributed by atoms with Crippen LogP contribution in [0.1, 0.15) is 48.3 Å². The summed E-state index contributed by atoms with van der Waals surface area (Å²) in [5.74, 6) is 0.670. The first-order valence-electron chi connectivity index (χ1n) is 10.8. The van der Waals surface area contributed by atoms with Gasteiger partial charge < -0.3 is 15.2 Å². The molecule has 1 aromatic carbocycles. The molecule has 2 aliphatic heterocycles. The summed E-state index contributed by atoms with van der Waals surface area (Å²) in [4.78, 5) is 18.3. The van der Waals surface area contributed by atoms with Crippen molar-refractivity contribution < 1.29 is 14.3 Å². The lowest BCUT2D eigenvalue weighted by Gasteiger charge is -2.36. The Kier molecular flexibility index (Phi) is 5.02. The van der Waals surface area contributed by atoms with Crippen LogP contribution in [0.3, 0.4) is 0 Å². The van der Waals surface area contributed by atoms with Crippen molar-refractivity contribution in [2.24, 2.45) is 5.73 Å². The molecule has 2 atom stereocenters. The molecule has 5 rings (SSSR count). The number of ether oxygens (including phenoxy) is 2. The van der Waals surface area contributed by atoms with Crippen molar-refractivity contribution in [1.29, 1.82) is 0 Å². The predicted molar refractivity (Wildman–Crippen MR) is 115 cm³/mol. The molecule has 1 amide bonds. The Hall–Kier alpha value is -3.13. The molecule has 2 aliphatic rings. The highest BCUT2D eigenvalue weighted by Crippen LogP contribution is 2.44. The molecule has 4 heterocycles. The number of nitrogens with zero attached hydrogens (tertiary/aromatic N) is 4. The van der Waals surface area contributed by atoms with E-state index in [2.05, 4.69) is 15.0 Å². The van der Waals surface area contributed by atoms with E-state index in [1.165, 1.54) is 17.7 Å². The Labute approximate surface area is 181 Å². The first kappa shape index (κ1) is 19.8. The molecular formula is C23H27N5O3. The SMILES string of the molecule is CCOc1cc(CN2C3CCC2c2cnc4cc(C)nn4c2C3)ccc1OCC(N)=O. The highest BCUT2D eigenvalue weighted by atomic mass is 16.5. The van der Waals surface area contributed by atoms with Gasteiger partial charge in [0.2, 0.25) is 0 Å². The van der Waals surface area contributed by atoms with Gasteiger partial charge in [0, 0.05) is 42.9 Å². The van der Waals surface area contributed by atoms with Crippen molar-refractivity contribution in [3.63, 3.8) is 0 Å². The van der Waals surface area contributed by atoms with Gasteiger partial charge in [-0.05, 0) is 44.4 Å². The number of aromatic nitrogens is 3. The van der Waals surface area contributed by atoms with Crippen molar-refractivity contribution in [3.8, 4) is 11.5 Å². The molecule has 0 spiro atoms. The molecule has 2 aromatic heterocycles. The summed E-state index contributed by atoms with van der Waals surface area (Å²) in [6.07, 6.45) is 5.31. The van der Waals surface area contributed by atoms with Gasteiger partial charge in [0.1, 0.15) is 0 Å². The smallest absolute Gasteiger partial charge is 0.255 e. The maximum atomic E-state index is 11.1. The van der Waals surface area contributed by atoms with Crippen molar-refractivity contribution in [1.82, 2.24) is 19.5 Å². The number of nitrogens with two attached hydrogens (primary N) is 1. The van der Waals surface area contributed by atoms with E-state index in [1.54, 1.807) is 0 Å². The third kappa shape index (κ3) is 3.61. The molecule has 31 heavy (non-hydrogen) atoms. The lowest BCUT2D eigenvalue weighted by atomic mass is 9.98. The predicted octanol–water partition coefficient (Wildman–Crippen LogP) is 2.56. The lowest BCUT2D eigenvalue weighted by Crippen LogP contribution is -2.38.